The van der Waals surface area contributed by atoms with Gasteiger partial charge in [-0.3, -0.25) is 9.59 Å². The molecule has 0 spiro atoms. The van der Waals surface area contributed by atoms with Gasteiger partial charge in [0.1, 0.15) is 5.75 Å². The van der Waals surface area contributed by atoms with Crippen molar-refractivity contribution in [3.05, 3.63) is 87.9 Å². The van der Waals surface area contributed by atoms with Crippen LogP contribution in [0.2, 0.25) is 10.0 Å². The summed E-state index contributed by atoms with van der Waals surface area (Å²) in [6, 6.07) is 19.0. The van der Waals surface area contributed by atoms with E-state index >= 15 is 0 Å². The molecule has 0 saturated carbocycles. The van der Waals surface area contributed by atoms with E-state index in [0.717, 1.165) is 4.90 Å². The van der Waals surface area contributed by atoms with Gasteiger partial charge in [0.05, 0.1) is 22.9 Å². The zero-order chi connectivity index (χ0) is 20.8. The Balaban J connectivity index is 1.62. The minimum absolute atomic E-state index is 0.0544. The second-order valence-corrected chi connectivity index (χ2v) is 7.91. The summed E-state index contributed by atoms with van der Waals surface area (Å²) in [7, 11) is 1.57. The Morgan fingerprint density at radius 1 is 0.931 bits per heavy atom. The highest BCUT2D eigenvalue weighted by Crippen LogP contribution is 2.26. The number of carbonyl (C=O) groups is 2. The standard InChI is InChI=1S/C22H17Cl2NO3S/c1-28-17-8-5-14(6-9-17)22(27)25-16-3-2-4-18(12-16)29-13-21(26)15-7-10-19(23)20(24)11-15/h2-12H,13H2,1H3,(H,25,27). The molecule has 29 heavy (non-hydrogen) atoms. The SMILES string of the molecule is COc1ccc(C(=O)Nc2cccc(SCC(=O)c3ccc(Cl)c(Cl)c3)c2)cc1. The quantitative estimate of drug-likeness (QED) is 0.345. The van der Waals surface area contributed by atoms with Gasteiger partial charge in [-0.15, -0.1) is 11.8 Å². The van der Waals surface area contributed by atoms with E-state index in [1.54, 1.807) is 55.6 Å². The zero-order valence-electron chi connectivity index (χ0n) is 15.4. The normalized spacial score (nSPS) is 10.4. The van der Waals surface area contributed by atoms with Gasteiger partial charge in [-0.25, -0.2) is 0 Å². The molecule has 7 heteroatoms. The average molecular weight is 446 g/mol. The van der Waals surface area contributed by atoms with Crippen LogP contribution >= 0.6 is 35.0 Å². The highest BCUT2D eigenvalue weighted by Gasteiger charge is 2.10. The first-order valence-electron chi connectivity index (χ1n) is 8.63. The Hall–Kier alpha value is -2.47. The van der Waals surface area contributed by atoms with Crippen molar-refractivity contribution in [2.24, 2.45) is 0 Å². The predicted molar refractivity (Wildman–Crippen MR) is 119 cm³/mol. The molecular weight excluding hydrogens is 429 g/mol. The van der Waals surface area contributed by atoms with E-state index in [2.05, 4.69) is 5.32 Å². The minimum atomic E-state index is -0.221. The Kier molecular flexibility index (Phi) is 7.20. The monoisotopic (exact) mass is 445 g/mol. The molecule has 0 aromatic heterocycles. The summed E-state index contributed by atoms with van der Waals surface area (Å²) in [5, 5.41) is 3.62. The average Bonchev–Trinajstić information content (AvgIpc) is 2.74. The van der Waals surface area contributed by atoms with Crippen LogP contribution in [0.3, 0.4) is 0 Å². The fourth-order valence-electron chi connectivity index (χ4n) is 2.51. The number of carbonyl (C=O) groups excluding carboxylic acids is 2. The third-order valence-corrected chi connectivity index (χ3v) is 5.79. The van der Waals surface area contributed by atoms with Gasteiger partial charge in [-0.2, -0.15) is 0 Å². The lowest BCUT2D eigenvalue weighted by atomic mass is 10.1. The van der Waals surface area contributed by atoms with Gasteiger partial charge in [0.2, 0.25) is 0 Å². The maximum absolute atomic E-state index is 12.4. The van der Waals surface area contributed by atoms with Gasteiger partial charge in [-0.05, 0) is 60.7 Å². The van der Waals surface area contributed by atoms with E-state index < -0.39 is 0 Å². The van der Waals surface area contributed by atoms with E-state index in [4.69, 9.17) is 27.9 Å². The molecule has 1 amide bonds. The van der Waals surface area contributed by atoms with Crippen LogP contribution in [-0.2, 0) is 0 Å². The third-order valence-electron chi connectivity index (χ3n) is 4.06. The van der Waals surface area contributed by atoms with Crippen LogP contribution in [0.5, 0.6) is 5.75 Å². The first-order valence-corrected chi connectivity index (χ1v) is 10.4. The Bertz CT molecular complexity index is 1040. The summed E-state index contributed by atoms with van der Waals surface area (Å²) in [5.74, 6) is 0.655. The molecule has 4 nitrogen and oxygen atoms in total. The van der Waals surface area contributed by atoms with Crippen LogP contribution in [0.1, 0.15) is 20.7 Å². The smallest absolute Gasteiger partial charge is 0.255 e. The first-order chi connectivity index (χ1) is 14.0. The molecule has 0 bridgehead atoms. The maximum atomic E-state index is 12.4. The Labute approximate surface area is 183 Å². The number of hydrogen-bond donors (Lipinski definition) is 1. The first kappa shape index (κ1) is 21.2. The number of rotatable bonds is 7. The molecule has 0 aliphatic carbocycles. The number of Topliss-reactive ketones (excluding diaryl/α,β-unsaturated/α-hetero) is 1. The van der Waals surface area contributed by atoms with Crippen LogP contribution in [-0.4, -0.2) is 24.6 Å². The van der Waals surface area contributed by atoms with E-state index in [9.17, 15) is 9.59 Å². The Morgan fingerprint density at radius 3 is 2.34 bits per heavy atom. The molecule has 0 aliphatic rings. The number of hydrogen-bond acceptors (Lipinski definition) is 4. The highest BCUT2D eigenvalue weighted by atomic mass is 35.5. The summed E-state index contributed by atoms with van der Waals surface area (Å²) in [6.07, 6.45) is 0. The van der Waals surface area contributed by atoms with Gasteiger partial charge >= 0.3 is 0 Å². The molecule has 0 atom stereocenters. The molecule has 3 aromatic carbocycles. The van der Waals surface area contributed by atoms with E-state index in [0.29, 0.717) is 32.6 Å². The van der Waals surface area contributed by atoms with Crippen LogP contribution in [0.25, 0.3) is 0 Å². The second kappa shape index (κ2) is 9.83. The lowest BCUT2D eigenvalue weighted by Crippen LogP contribution is -2.11. The highest BCUT2D eigenvalue weighted by molar-refractivity contribution is 8.00. The maximum Gasteiger partial charge on any atom is 0.255 e. The van der Waals surface area contributed by atoms with Crippen LogP contribution in [0, 0.1) is 0 Å². The summed E-state index contributed by atoms with van der Waals surface area (Å²) in [6.45, 7) is 0. The molecule has 0 heterocycles. The number of anilines is 1. The number of ether oxygens (including phenoxy) is 1. The summed E-state index contributed by atoms with van der Waals surface area (Å²) in [4.78, 5) is 25.6. The molecular formula is C22H17Cl2NO3S. The van der Waals surface area contributed by atoms with Crippen molar-refractivity contribution in [3.8, 4) is 5.75 Å². The summed E-state index contributed by atoms with van der Waals surface area (Å²) in [5.41, 5.74) is 1.69. The van der Waals surface area contributed by atoms with Crippen molar-refractivity contribution in [1.29, 1.82) is 0 Å². The van der Waals surface area contributed by atoms with Gasteiger partial charge in [0, 0.05) is 21.7 Å². The molecule has 0 saturated heterocycles. The van der Waals surface area contributed by atoms with Crippen molar-refractivity contribution >= 4 is 52.3 Å². The number of methoxy groups -OCH3 is 1. The largest absolute Gasteiger partial charge is 0.497 e. The van der Waals surface area contributed by atoms with E-state index in [1.165, 1.54) is 11.8 Å². The molecule has 3 rings (SSSR count). The molecule has 0 unspecified atom stereocenters. The molecule has 3 aromatic rings. The van der Waals surface area contributed by atoms with Gasteiger partial charge in [-0.1, -0.05) is 29.3 Å². The number of thioether (sulfide) groups is 1. The number of amides is 1. The van der Waals surface area contributed by atoms with E-state index in [-0.39, 0.29) is 17.4 Å². The molecule has 1 N–H and O–H groups in total. The lowest BCUT2D eigenvalue weighted by molar-refractivity contribution is 0.101. The van der Waals surface area contributed by atoms with Crippen molar-refractivity contribution in [1.82, 2.24) is 0 Å². The molecule has 148 valence electrons. The van der Waals surface area contributed by atoms with Gasteiger partial charge in [0.25, 0.3) is 5.91 Å². The summed E-state index contributed by atoms with van der Waals surface area (Å²) >= 11 is 13.2. The fourth-order valence-corrected chi connectivity index (χ4v) is 3.66. The van der Waals surface area contributed by atoms with Crippen molar-refractivity contribution < 1.29 is 14.3 Å². The Morgan fingerprint density at radius 2 is 1.66 bits per heavy atom. The van der Waals surface area contributed by atoms with Crippen LogP contribution in [0.15, 0.2) is 71.6 Å². The fraction of sp³-hybridized carbons (Fsp3) is 0.0909. The number of halogens is 2. The van der Waals surface area contributed by atoms with Crippen LogP contribution < -0.4 is 10.1 Å². The topological polar surface area (TPSA) is 55.4 Å². The molecule has 0 radical (unpaired) electrons. The second-order valence-electron chi connectivity index (χ2n) is 6.05. The summed E-state index contributed by atoms with van der Waals surface area (Å²) < 4.78 is 5.10. The minimum Gasteiger partial charge on any atom is -0.497 e. The third kappa shape index (κ3) is 5.76. The molecule has 0 aliphatic heterocycles. The molecule has 0 fully saturated rings. The van der Waals surface area contributed by atoms with Crippen molar-refractivity contribution in [2.45, 2.75) is 4.90 Å². The lowest BCUT2D eigenvalue weighted by Gasteiger charge is -2.08. The predicted octanol–water partition coefficient (Wildman–Crippen LogP) is 6.23. The van der Waals surface area contributed by atoms with Crippen molar-refractivity contribution in [2.75, 3.05) is 18.2 Å². The number of nitrogens with one attached hydrogen (secondary N) is 1. The number of ketones is 1. The zero-order valence-corrected chi connectivity index (χ0v) is 17.8. The van der Waals surface area contributed by atoms with Crippen molar-refractivity contribution in [3.63, 3.8) is 0 Å². The van der Waals surface area contributed by atoms with E-state index in [1.807, 2.05) is 18.2 Å². The van der Waals surface area contributed by atoms with Gasteiger partial charge in [0.15, 0.2) is 5.78 Å². The number of benzene rings is 3. The van der Waals surface area contributed by atoms with Crippen LogP contribution in [0.4, 0.5) is 5.69 Å². The van der Waals surface area contributed by atoms with Gasteiger partial charge < -0.3 is 10.1 Å².